The van der Waals surface area contributed by atoms with Gasteiger partial charge in [0.05, 0.1) is 23.9 Å². The smallest absolute Gasteiger partial charge is 0.356 e. The van der Waals surface area contributed by atoms with E-state index in [0.717, 1.165) is 0 Å². The van der Waals surface area contributed by atoms with Crippen LogP contribution in [0.2, 0.25) is 0 Å². The van der Waals surface area contributed by atoms with Gasteiger partial charge in [-0.25, -0.2) is 15.0 Å². The minimum absolute atomic E-state index is 0.113. The van der Waals surface area contributed by atoms with E-state index in [0.29, 0.717) is 54.3 Å². The first-order valence-electron chi connectivity index (χ1n) is 9.06. The molecule has 0 aliphatic carbocycles. The number of hydrogen-bond acceptors (Lipinski definition) is 7. The predicted octanol–water partition coefficient (Wildman–Crippen LogP) is 2.08. The van der Waals surface area contributed by atoms with Crippen molar-refractivity contribution in [1.29, 1.82) is 0 Å². The van der Waals surface area contributed by atoms with Crippen molar-refractivity contribution >= 4 is 40.9 Å². The highest BCUT2D eigenvalue weighted by Crippen LogP contribution is 2.39. The first kappa shape index (κ1) is 18.2. The van der Waals surface area contributed by atoms with E-state index >= 15 is 0 Å². The second kappa shape index (κ2) is 6.89. The summed E-state index contributed by atoms with van der Waals surface area (Å²) in [6, 6.07) is 9.92. The van der Waals surface area contributed by atoms with Crippen molar-refractivity contribution in [2.24, 2.45) is 0 Å². The van der Waals surface area contributed by atoms with E-state index in [-0.39, 0.29) is 16.7 Å². The van der Waals surface area contributed by atoms with Gasteiger partial charge in [-0.3, -0.25) is 4.57 Å². The zero-order valence-electron chi connectivity index (χ0n) is 15.2. The van der Waals surface area contributed by atoms with E-state index in [1.165, 1.54) is 6.07 Å². The van der Waals surface area contributed by atoms with E-state index in [4.69, 9.17) is 9.15 Å². The molecule has 4 heterocycles. The van der Waals surface area contributed by atoms with Gasteiger partial charge in [0.15, 0.2) is 17.2 Å². The minimum atomic E-state index is -4.51. The molecule has 5 rings (SSSR count). The Bertz CT molecular complexity index is 1260. The van der Waals surface area contributed by atoms with Crippen LogP contribution in [0.25, 0.3) is 33.6 Å². The third-order valence-corrected chi connectivity index (χ3v) is 5.86. The maximum absolute atomic E-state index is 12.0. The number of furan rings is 1. The Morgan fingerprint density at radius 2 is 1.83 bits per heavy atom. The van der Waals surface area contributed by atoms with Crippen LogP contribution >= 0.6 is 7.60 Å². The normalized spacial score (nSPS) is 15.3. The Labute approximate surface area is 165 Å². The molecule has 1 aliphatic rings. The highest BCUT2D eigenvalue weighted by Gasteiger charge is 2.27. The molecule has 0 saturated carbocycles. The first-order valence-corrected chi connectivity index (χ1v) is 10.7. The summed E-state index contributed by atoms with van der Waals surface area (Å²) < 4.78 is 23.4. The molecule has 2 N–H and O–H groups in total. The van der Waals surface area contributed by atoms with E-state index < -0.39 is 7.60 Å². The number of pyridine rings is 1. The molecule has 29 heavy (non-hydrogen) atoms. The molecule has 4 aromatic rings. The number of ether oxygens (including phenoxy) is 1. The van der Waals surface area contributed by atoms with Gasteiger partial charge in [0.1, 0.15) is 5.52 Å². The van der Waals surface area contributed by atoms with Crippen LogP contribution in [-0.4, -0.2) is 51.0 Å². The topological polar surface area (TPSA) is 122 Å². The molecule has 3 aromatic heterocycles. The summed E-state index contributed by atoms with van der Waals surface area (Å²) in [7, 11) is -4.51. The van der Waals surface area contributed by atoms with Crippen LogP contribution in [0.5, 0.6) is 0 Å². The maximum atomic E-state index is 12.0. The van der Waals surface area contributed by atoms with Crippen molar-refractivity contribution in [3.8, 4) is 11.4 Å². The fraction of sp³-hybridized carbons (Fsp3) is 0.211. The highest BCUT2D eigenvalue weighted by atomic mass is 31.2. The number of morpholine rings is 1. The molecule has 1 aliphatic heterocycles. The number of fused-ring (bicyclic) bond motifs is 3. The molecule has 1 aromatic carbocycles. The zero-order valence-corrected chi connectivity index (χ0v) is 16.1. The van der Waals surface area contributed by atoms with Crippen molar-refractivity contribution in [3.63, 3.8) is 0 Å². The molecular weight excluding hydrogens is 395 g/mol. The van der Waals surface area contributed by atoms with E-state index in [9.17, 15) is 14.4 Å². The lowest BCUT2D eigenvalue weighted by atomic mass is 10.2. The lowest BCUT2D eigenvalue weighted by molar-refractivity contribution is 0.122. The van der Waals surface area contributed by atoms with Crippen molar-refractivity contribution < 1.29 is 23.5 Å². The number of anilines is 1. The van der Waals surface area contributed by atoms with Crippen molar-refractivity contribution in [1.82, 2.24) is 15.0 Å². The Kier molecular flexibility index (Phi) is 4.33. The van der Waals surface area contributed by atoms with Crippen molar-refractivity contribution in [3.05, 3.63) is 42.6 Å². The minimum Gasteiger partial charge on any atom is -0.432 e. The molecular formula is C19H17N4O5P. The van der Waals surface area contributed by atoms with Crippen LogP contribution in [-0.2, 0) is 9.30 Å². The molecule has 1 saturated heterocycles. The molecule has 0 amide bonds. The number of benzene rings is 1. The molecule has 0 spiro atoms. The molecule has 1 fully saturated rings. The van der Waals surface area contributed by atoms with Crippen LogP contribution in [0.4, 0.5) is 5.82 Å². The lowest BCUT2D eigenvalue weighted by Gasteiger charge is -2.28. The maximum Gasteiger partial charge on any atom is 0.356 e. The van der Waals surface area contributed by atoms with Gasteiger partial charge in [-0.05, 0) is 18.2 Å². The predicted molar refractivity (Wildman–Crippen MR) is 107 cm³/mol. The summed E-state index contributed by atoms with van der Waals surface area (Å²) in [5, 5.41) is 0.604. The Morgan fingerprint density at radius 1 is 1.03 bits per heavy atom. The highest BCUT2D eigenvalue weighted by molar-refractivity contribution is 7.60. The first-order chi connectivity index (χ1) is 14.0. The lowest BCUT2D eigenvalue weighted by Crippen LogP contribution is -2.37. The Balaban J connectivity index is 1.82. The molecule has 0 radical (unpaired) electrons. The van der Waals surface area contributed by atoms with Gasteiger partial charge in [0.25, 0.3) is 0 Å². The summed E-state index contributed by atoms with van der Waals surface area (Å²) in [5.74, 6) is 0.788. The van der Waals surface area contributed by atoms with Gasteiger partial charge in [0.2, 0.25) is 5.71 Å². The monoisotopic (exact) mass is 412 g/mol. The summed E-state index contributed by atoms with van der Waals surface area (Å²) >= 11 is 0. The van der Waals surface area contributed by atoms with Crippen LogP contribution < -0.4 is 10.2 Å². The summed E-state index contributed by atoms with van der Waals surface area (Å²) in [6.07, 6.45) is 1.64. The number of rotatable bonds is 3. The van der Waals surface area contributed by atoms with Gasteiger partial charge in [-0.1, -0.05) is 18.2 Å². The molecule has 0 bridgehead atoms. The second-order valence-electron chi connectivity index (χ2n) is 6.67. The summed E-state index contributed by atoms with van der Waals surface area (Å²) in [5.41, 5.74) is 1.78. The summed E-state index contributed by atoms with van der Waals surface area (Å²) in [6.45, 7) is 2.35. The van der Waals surface area contributed by atoms with Crippen LogP contribution in [0.3, 0.4) is 0 Å². The van der Waals surface area contributed by atoms with Crippen molar-refractivity contribution in [2.75, 3.05) is 31.2 Å². The van der Waals surface area contributed by atoms with Gasteiger partial charge >= 0.3 is 7.60 Å². The Morgan fingerprint density at radius 3 is 2.62 bits per heavy atom. The standard InChI is InChI=1S/C19H17N4O5P/c24-29(25,26)14-6-2-1-4-12(14)17-21-15-13-5-3-7-20-19(13)28-16(15)18(22-17)23-8-10-27-11-9-23/h1-7H,8-11H2,(H2,24,25,26). The average Bonchev–Trinajstić information content (AvgIpc) is 3.12. The SMILES string of the molecule is O=P(O)(O)c1ccccc1-c1nc(N2CCOCC2)c2oc3ncccc3c2n1. The number of nitrogens with zero attached hydrogens (tertiary/aromatic N) is 4. The molecule has 9 nitrogen and oxygen atoms in total. The van der Waals surface area contributed by atoms with Crippen LogP contribution in [0.1, 0.15) is 0 Å². The van der Waals surface area contributed by atoms with Gasteiger partial charge in [-0.2, -0.15) is 0 Å². The molecule has 10 heteroatoms. The third kappa shape index (κ3) is 3.18. The van der Waals surface area contributed by atoms with Crippen molar-refractivity contribution in [2.45, 2.75) is 0 Å². The largest absolute Gasteiger partial charge is 0.432 e. The van der Waals surface area contributed by atoms with Crippen LogP contribution in [0.15, 0.2) is 47.0 Å². The van der Waals surface area contributed by atoms with Gasteiger partial charge in [-0.15, -0.1) is 0 Å². The number of aromatic nitrogens is 3. The van der Waals surface area contributed by atoms with E-state index in [1.807, 2.05) is 11.0 Å². The van der Waals surface area contributed by atoms with E-state index in [2.05, 4.69) is 15.0 Å². The zero-order chi connectivity index (χ0) is 20.0. The summed E-state index contributed by atoms with van der Waals surface area (Å²) in [4.78, 5) is 35.2. The Hall–Kier alpha value is -2.84. The number of hydrogen-bond donors (Lipinski definition) is 2. The second-order valence-corrected chi connectivity index (χ2v) is 8.24. The van der Waals surface area contributed by atoms with Gasteiger partial charge in [0, 0.05) is 24.8 Å². The van der Waals surface area contributed by atoms with Gasteiger partial charge < -0.3 is 23.8 Å². The quantitative estimate of drug-likeness (QED) is 0.487. The third-order valence-electron chi connectivity index (χ3n) is 4.84. The molecule has 148 valence electrons. The van der Waals surface area contributed by atoms with E-state index in [1.54, 1.807) is 30.5 Å². The average molecular weight is 412 g/mol. The molecule has 0 unspecified atom stereocenters. The molecule has 0 atom stereocenters. The fourth-order valence-corrected chi connectivity index (χ4v) is 4.26. The fourth-order valence-electron chi connectivity index (χ4n) is 3.49. The van der Waals surface area contributed by atoms with Crippen LogP contribution in [0, 0.1) is 0 Å².